The maximum atomic E-state index is 13.9. The van der Waals surface area contributed by atoms with Gasteiger partial charge in [0, 0.05) is 0 Å². The average molecular weight is 766 g/mol. The summed E-state index contributed by atoms with van der Waals surface area (Å²) >= 11 is 0. The third-order valence-electron chi connectivity index (χ3n) is 12.3. The molecular weight excluding hydrogens is 664 g/mol. The fourth-order valence-corrected chi connectivity index (χ4v) is 12.3. The van der Waals surface area contributed by atoms with Gasteiger partial charge in [0.2, 0.25) is 0 Å². The zero-order valence-corrected chi connectivity index (χ0v) is 38.6. The molecule has 0 N–H and O–H groups in total. The summed E-state index contributed by atoms with van der Waals surface area (Å²) in [7, 11) is -1.74. The van der Waals surface area contributed by atoms with E-state index in [1.165, 1.54) is 256 Å². The van der Waals surface area contributed by atoms with Crippen molar-refractivity contribution in [1.29, 1.82) is 0 Å². The molecule has 3 heteroatoms. The second-order valence-corrected chi connectivity index (χ2v) is 21.2. The Morgan fingerprint density at radius 1 is 0.340 bits per heavy atom. The van der Waals surface area contributed by atoms with E-state index in [9.17, 15) is 4.79 Å². The molecule has 0 saturated heterocycles. The van der Waals surface area contributed by atoms with Gasteiger partial charge in [0.25, 0.3) is 0 Å². The standard InChI is InChI=1S/C50H102O2P/c1-6-11-15-18-21-24-27-30-33-36-39-42-46-53(52-50(51)49(10-5)45-14-9-4,47-43-40-37-34-31-28-25-22-19-16-12-7-2)48-44-41-38-35-32-29-26-23-20-17-13-8-3/h49H,6-48H2,1-5H3/q+1. The van der Waals surface area contributed by atoms with E-state index >= 15 is 0 Å². The lowest BCUT2D eigenvalue weighted by atomic mass is 10.00. The molecule has 0 heterocycles. The average Bonchev–Trinajstić information content (AvgIpc) is 3.16. The van der Waals surface area contributed by atoms with Crippen LogP contribution in [-0.4, -0.2) is 24.5 Å². The molecule has 318 valence electrons. The van der Waals surface area contributed by atoms with E-state index < -0.39 is 7.49 Å². The van der Waals surface area contributed by atoms with E-state index in [1.54, 1.807) is 0 Å². The highest BCUT2D eigenvalue weighted by Crippen LogP contribution is 2.62. The number of hydrogen-bond donors (Lipinski definition) is 0. The van der Waals surface area contributed by atoms with Crippen LogP contribution in [0.5, 0.6) is 0 Å². The van der Waals surface area contributed by atoms with E-state index in [1.807, 2.05) is 0 Å². The van der Waals surface area contributed by atoms with Crippen molar-refractivity contribution >= 4 is 13.5 Å². The Labute approximate surface area is 337 Å². The van der Waals surface area contributed by atoms with Crippen molar-refractivity contribution < 1.29 is 9.32 Å². The monoisotopic (exact) mass is 766 g/mol. The Kier molecular flexibility index (Phi) is 42.9. The number of unbranched alkanes of at least 4 members (excludes halogenated alkanes) is 34. The summed E-state index contributed by atoms with van der Waals surface area (Å²) in [4.78, 5) is 13.9. The van der Waals surface area contributed by atoms with Crippen molar-refractivity contribution in [1.82, 2.24) is 0 Å². The van der Waals surface area contributed by atoms with E-state index in [2.05, 4.69) is 34.6 Å². The van der Waals surface area contributed by atoms with Crippen LogP contribution in [0.1, 0.15) is 291 Å². The number of rotatable bonds is 45. The molecule has 0 radical (unpaired) electrons. The minimum atomic E-state index is -1.74. The lowest BCUT2D eigenvalue weighted by molar-refractivity contribution is -0.138. The van der Waals surface area contributed by atoms with Crippen LogP contribution in [-0.2, 0) is 9.32 Å². The van der Waals surface area contributed by atoms with Gasteiger partial charge in [-0.05, 0) is 51.4 Å². The summed E-state index contributed by atoms with van der Waals surface area (Å²) < 4.78 is 6.96. The Bertz CT molecular complexity index is 638. The van der Waals surface area contributed by atoms with Gasteiger partial charge in [0.15, 0.2) is 7.49 Å². The summed E-state index contributed by atoms with van der Waals surface area (Å²) in [5, 5.41) is 0. The maximum Gasteiger partial charge on any atom is 0.352 e. The minimum Gasteiger partial charge on any atom is -0.313 e. The van der Waals surface area contributed by atoms with Crippen molar-refractivity contribution in [3.8, 4) is 0 Å². The molecular formula is C50H102O2P+. The number of hydrogen-bond acceptors (Lipinski definition) is 2. The lowest BCUT2D eigenvalue weighted by Crippen LogP contribution is -2.22. The second kappa shape index (κ2) is 43.0. The molecule has 1 atom stereocenters. The smallest absolute Gasteiger partial charge is 0.313 e. The molecule has 0 aromatic rings. The molecule has 0 aliphatic carbocycles. The molecule has 0 spiro atoms. The maximum absolute atomic E-state index is 13.9. The molecule has 0 rings (SSSR count). The minimum absolute atomic E-state index is 0.111. The van der Waals surface area contributed by atoms with E-state index in [4.69, 9.17) is 4.52 Å². The molecule has 53 heavy (non-hydrogen) atoms. The zero-order chi connectivity index (χ0) is 38.8. The van der Waals surface area contributed by atoms with Crippen LogP contribution in [0.25, 0.3) is 0 Å². The molecule has 1 unspecified atom stereocenters. The Balaban J connectivity index is 5.08. The van der Waals surface area contributed by atoms with Crippen LogP contribution in [0, 0.1) is 5.92 Å². The van der Waals surface area contributed by atoms with E-state index in [-0.39, 0.29) is 11.9 Å². The van der Waals surface area contributed by atoms with Crippen LogP contribution >= 0.6 is 7.49 Å². The summed E-state index contributed by atoms with van der Waals surface area (Å²) in [6.45, 7) is 11.4. The molecule has 0 aromatic heterocycles. The summed E-state index contributed by atoms with van der Waals surface area (Å²) in [5.41, 5.74) is 0. The van der Waals surface area contributed by atoms with Crippen molar-refractivity contribution in [3.63, 3.8) is 0 Å². The third-order valence-corrected chi connectivity index (χ3v) is 16.2. The Morgan fingerprint density at radius 2 is 0.566 bits per heavy atom. The van der Waals surface area contributed by atoms with E-state index in [0.717, 1.165) is 19.3 Å². The molecule has 0 fully saturated rings. The van der Waals surface area contributed by atoms with Gasteiger partial charge in [-0.15, -0.1) is 0 Å². The fraction of sp³-hybridized carbons (Fsp3) is 0.980. The Hall–Kier alpha value is -0.100. The third kappa shape index (κ3) is 36.0. The number of carbonyl (C=O) groups is 1. The zero-order valence-electron chi connectivity index (χ0n) is 37.7. The summed E-state index contributed by atoms with van der Waals surface area (Å²) in [5.74, 6) is 0.298. The van der Waals surface area contributed by atoms with E-state index in [0.29, 0.717) is 0 Å². The first-order valence-corrected chi connectivity index (χ1v) is 27.4. The quantitative estimate of drug-likeness (QED) is 0.0456. The van der Waals surface area contributed by atoms with Gasteiger partial charge in [-0.1, -0.05) is 240 Å². The predicted molar refractivity (Wildman–Crippen MR) is 244 cm³/mol. The van der Waals surface area contributed by atoms with Crippen molar-refractivity contribution in [2.24, 2.45) is 5.92 Å². The normalized spacial score (nSPS) is 12.5. The largest absolute Gasteiger partial charge is 0.352 e. The molecule has 0 aromatic carbocycles. The number of carbonyl (C=O) groups excluding carboxylic acids is 1. The highest BCUT2D eigenvalue weighted by Gasteiger charge is 2.42. The first-order chi connectivity index (χ1) is 26.1. The SMILES string of the molecule is CCCCCCCCCCCCCC[P+](CCCCCCCCCCCCCC)(CCCCCCCCCCCCCC)OC(=O)C(CC)CCCC. The molecule has 0 aliphatic rings. The molecule has 0 bridgehead atoms. The summed E-state index contributed by atoms with van der Waals surface area (Å²) in [6.07, 6.45) is 58.0. The van der Waals surface area contributed by atoms with Crippen molar-refractivity contribution in [3.05, 3.63) is 0 Å². The molecule has 0 saturated carbocycles. The lowest BCUT2D eigenvalue weighted by Gasteiger charge is -2.27. The highest BCUT2D eigenvalue weighted by atomic mass is 31.2. The highest BCUT2D eigenvalue weighted by molar-refractivity contribution is 7.71. The fourth-order valence-electron chi connectivity index (χ4n) is 8.40. The summed E-state index contributed by atoms with van der Waals surface area (Å²) in [6, 6.07) is 0. The van der Waals surface area contributed by atoms with Crippen LogP contribution in [0.2, 0.25) is 0 Å². The first kappa shape index (κ1) is 52.9. The first-order valence-electron chi connectivity index (χ1n) is 25.2. The van der Waals surface area contributed by atoms with Crippen molar-refractivity contribution in [2.45, 2.75) is 291 Å². The Morgan fingerprint density at radius 3 is 0.792 bits per heavy atom. The van der Waals surface area contributed by atoms with Crippen LogP contribution in [0.3, 0.4) is 0 Å². The van der Waals surface area contributed by atoms with Crippen LogP contribution in [0.15, 0.2) is 0 Å². The van der Waals surface area contributed by atoms with Gasteiger partial charge in [-0.3, -0.25) is 0 Å². The van der Waals surface area contributed by atoms with Gasteiger partial charge >= 0.3 is 5.97 Å². The topological polar surface area (TPSA) is 26.3 Å². The van der Waals surface area contributed by atoms with Crippen LogP contribution in [0.4, 0.5) is 0 Å². The second-order valence-electron chi connectivity index (χ2n) is 17.6. The van der Waals surface area contributed by atoms with Gasteiger partial charge < -0.3 is 4.52 Å². The molecule has 0 aliphatic heterocycles. The van der Waals surface area contributed by atoms with Gasteiger partial charge in [-0.25, -0.2) is 4.79 Å². The molecule has 0 amide bonds. The van der Waals surface area contributed by atoms with Gasteiger partial charge in [0.05, 0.1) is 24.4 Å². The van der Waals surface area contributed by atoms with Gasteiger partial charge in [-0.2, -0.15) is 0 Å². The van der Waals surface area contributed by atoms with Gasteiger partial charge in [0.1, 0.15) is 0 Å². The van der Waals surface area contributed by atoms with Crippen LogP contribution < -0.4 is 0 Å². The molecule has 2 nitrogen and oxygen atoms in total. The predicted octanol–water partition coefficient (Wildman–Crippen LogP) is 18.8. The van der Waals surface area contributed by atoms with Crippen molar-refractivity contribution in [2.75, 3.05) is 18.5 Å².